The summed E-state index contributed by atoms with van der Waals surface area (Å²) in [4.78, 5) is 10.6. The Balaban J connectivity index is 2.24. The summed E-state index contributed by atoms with van der Waals surface area (Å²) in [6.07, 6.45) is 1.44. The molecule has 0 saturated heterocycles. The summed E-state index contributed by atoms with van der Waals surface area (Å²) in [7, 11) is 0. The number of carbonyl (C=O) groups is 1. The van der Waals surface area contributed by atoms with Crippen LogP contribution in [0.15, 0.2) is 6.20 Å². The lowest BCUT2D eigenvalue weighted by molar-refractivity contribution is 0.0690. The standard InChI is InChI=1S/C11H20N4O2/c1-8(2)9(3)6-12-4-5-15-7-10(11(16)17)13-14-15/h7-9,12H,4-6H2,1-3H3,(H,16,17). The smallest absolute Gasteiger partial charge is 0.358 e. The van der Waals surface area contributed by atoms with E-state index >= 15 is 0 Å². The molecule has 1 aromatic rings. The number of carboxylic acid groups (broad SMARTS) is 1. The van der Waals surface area contributed by atoms with Gasteiger partial charge in [-0.1, -0.05) is 26.0 Å². The number of nitrogens with zero attached hydrogens (tertiary/aromatic N) is 3. The van der Waals surface area contributed by atoms with E-state index in [1.807, 2.05) is 0 Å². The number of nitrogens with one attached hydrogen (secondary N) is 1. The SMILES string of the molecule is CC(C)C(C)CNCCn1cc(C(=O)O)nn1. The van der Waals surface area contributed by atoms with Gasteiger partial charge in [0.05, 0.1) is 12.7 Å². The molecule has 0 amide bonds. The van der Waals surface area contributed by atoms with Crippen LogP contribution >= 0.6 is 0 Å². The van der Waals surface area contributed by atoms with Crippen molar-refractivity contribution in [2.45, 2.75) is 27.3 Å². The minimum atomic E-state index is -1.04. The first-order valence-electron chi connectivity index (χ1n) is 5.85. The fraction of sp³-hybridized carbons (Fsp3) is 0.727. The second-order valence-corrected chi connectivity index (χ2v) is 4.60. The summed E-state index contributed by atoms with van der Waals surface area (Å²) in [5, 5.41) is 19.3. The van der Waals surface area contributed by atoms with Crippen LogP contribution in [0.5, 0.6) is 0 Å². The molecule has 0 radical (unpaired) electrons. The highest BCUT2D eigenvalue weighted by Gasteiger charge is 2.08. The third kappa shape index (κ3) is 4.52. The van der Waals surface area contributed by atoms with Gasteiger partial charge >= 0.3 is 5.97 Å². The van der Waals surface area contributed by atoms with Crippen LogP contribution in [0.1, 0.15) is 31.3 Å². The third-order valence-electron chi connectivity index (χ3n) is 2.88. The summed E-state index contributed by atoms with van der Waals surface area (Å²) in [5.74, 6) is 0.241. The van der Waals surface area contributed by atoms with Crippen LogP contribution in [0, 0.1) is 11.8 Å². The maximum absolute atomic E-state index is 10.6. The van der Waals surface area contributed by atoms with E-state index < -0.39 is 5.97 Å². The first-order valence-corrected chi connectivity index (χ1v) is 5.85. The fourth-order valence-electron chi connectivity index (χ4n) is 1.26. The molecule has 17 heavy (non-hydrogen) atoms. The number of hydrogen-bond acceptors (Lipinski definition) is 4. The van der Waals surface area contributed by atoms with Crippen LogP contribution in [-0.4, -0.2) is 39.2 Å². The molecule has 0 fully saturated rings. The van der Waals surface area contributed by atoms with Crippen molar-refractivity contribution in [3.63, 3.8) is 0 Å². The van der Waals surface area contributed by atoms with Crippen molar-refractivity contribution in [3.05, 3.63) is 11.9 Å². The monoisotopic (exact) mass is 240 g/mol. The van der Waals surface area contributed by atoms with Crippen molar-refractivity contribution in [2.75, 3.05) is 13.1 Å². The Morgan fingerprint density at radius 2 is 2.24 bits per heavy atom. The maximum Gasteiger partial charge on any atom is 0.358 e. The molecular weight excluding hydrogens is 220 g/mol. The minimum absolute atomic E-state index is 0.0134. The summed E-state index contributed by atoms with van der Waals surface area (Å²) >= 11 is 0. The zero-order chi connectivity index (χ0) is 12.8. The molecule has 0 aliphatic rings. The Kier molecular flexibility index (Phi) is 5.09. The molecule has 0 aromatic carbocycles. The van der Waals surface area contributed by atoms with Gasteiger partial charge in [0.25, 0.3) is 0 Å². The van der Waals surface area contributed by atoms with Crippen molar-refractivity contribution in [3.8, 4) is 0 Å². The van der Waals surface area contributed by atoms with E-state index in [4.69, 9.17) is 5.11 Å². The van der Waals surface area contributed by atoms with Gasteiger partial charge in [0.1, 0.15) is 0 Å². The van der Waals surface area contributed by atoms with Crippen molar-refractivity contribution in [2.24, 2.45) is 11.8 Å². The van der Waals surface area contributed by atoms with Crippen LogP contribution in [0.2, 0.25) is 0 Å². The second-order valence-electron chi connectivity index (χ2n) is 4.60. The minimum Gasteiger partial charge on any atom is -0.476 e. The molecule has 0 bridgehead atoms. The number of rotatable bonds is 7. The van der Waals surface area contributed by atoms with E-state index in [2.05, 4.69) is 36.4 Å². The Labute approximate surface area is 101 Å². The van der Waals surface area contributed by atoms with Gasteiger partial charge in [0.2, 0.25) is 0 Å². The zero-order valence-electron chi connectivity index (χ0n) is 10.6. The second kappa shape index (κ2) is 6.34. The van der Waals surface area contributed by atoms with Gasteiger partial charge in [-0.2, -0.15) is 0 Å². The molecule has 2 N–H and O–H groups in total. The van der Waals surface area contributed by atoms with Gasteiger partial charge < -0.3 is 10.4 Å². The topological polar surface area (TPSA) is 80.0 Å². The predicted molar refractivity (Wildman–Crippen MR) is 63.9 cm³/mol. The first kappa shape index (κ1) is 13.6. The van der Waals surface area contributed by atoms with Crippen molar-refractivity contribution in [1.82, 2.24) is 20.3 Å². The molecule has 0 aliphatic carbocycles. The molecule has 1 rings (SSSR count). The maximum atomic E-state index is 10.6. The number of carboxylic acids is 1. The number of aromatic nitrogens is 3. The molecule has 1 unspecified atom stereocenters. The van der Waals surface area contributed by atoms with Crippen molar-refractivity contribution in [1.29, 1.82) is 0 Å². The first-order chi connectivity index (χ1) is 8.00. The van der Waals surface area contributed by atoms with Gasteiger partial charge in [0, 0.05) is 6.54 Å². The summed E-state index contributed by atoms with van der Waals surface area (Å²) < 4.78 is 1.54. The Bertz CT molecular complexity index is 362. The molecule has 1 heterocycles. The van der Waals surface area contributed by atoms with Crippen LogP contribution in [0.4, 0.5) is 0 Å². The highest BCUT2D eigenvalue weighted by molar-refractivity contribution is 5.84. The van der Waals surface area contributed by atoms with Gasteiger partial charge in [-0.3, -0.25) is 4.68 Å². The lowest BCUT2D eigenvalue weighted by atomic mass is 9.98. The molecule has 1 aromatic heterocycles. The Morgan fingerprint density at radius 3 is 2.76 bits per heavy atom. The summed E-state index contributed by atoms with van der Waals surface area (Å²) in [5.41, 5.74) is -0.0134. The van der Waals surface area contributed by atoms with Gasteiger partial charge in [-0.25, -0.2) is 4.79 Å². The molecule has 1 atom stereocenters. The Morgan fingerprint density at radius 1 is 1.53 bits per heavy atom. The normalized spacial score (nSPS) is 12.9. The lowest BCUT2D eigenvalue weighted by Crippen LogP contribution is -2.27. The largest absolute Gasteiger partial charge is 0.476 e. The quantitative estimate of drug-likeness (QED) is 0.691. The van der Waals surface area contributed by atoms with Crippen molar-refractivity contribution >= 4 is 5.97 Å². The van der Waals surface area contributed by atoms with Gasteiger partial charge in [0.15, 0.2) is 5.69 Å². The predicted octanol–water partition coefficient (Wildman–Crippen LogP) is 0.858. The Hall–Kier alpha value is -1.43. The average molecular weight is 240 g/mol. The van der Waals surface area contributed by atoms with E-state index in [1.165, 1.54) is 10.9 Å². The number of aromatic carboxylic acids is 1. The molecule has 6 nitrogen and oxygen atoms in total. The van der Waals surface area contributed by atoms with Crippen LogP contribution < -0.4 is 5.32 Å². The summed E-state index contributed by atoms with van der Waals surface area (Å²) in [6.45, 7) is 8.95. The van der Waals surface area contributed by atoms with E-state index in [-0.39, 0.29) is 5.69 Å². The molecular formula is C11H20N4O2. The van der Waals surface area contributed by atoms with E-state index in [0.717, 1.165) is 13.1 Å². The van der Waals surface area contributed by atoms with E-state index in [1.54, 1.807) is 0 Å². The highest BCUT2D eigenvalue weighted by Crippen LogP contribution is 2.07. The fourth-order valence-corrected chi connectivity index (χ4v) is 1.26. The third-order valence-corrected chi connectivity index (χ3v) is 2.88. The van der Waals surface area contributed by atoms with Crippen LogP contribution in [0.25, 0.3) is 0 Å². The lowest BCUT2D eigenvalue weighted by Gasteiger charge is -2.15. The average Bonchev–Trinajstić information content (AvgIpc) is 2.72. The van der Waals surface area contributed by atoms with E-state index in [9.17, 15) is 4.79 Å². The molecule has 0 saturated carbocycles. The molecule has 96 valence electrons. The van der Waals surface area contributed by atoms with Crippen LogP contribution in [0.3, 0.4) is 0 Å². The summed E-state index contributed by atoms with van der Waals surface area (Å²) in [6, 6.07) is 0. The number of hydrogen-bond donors (Lipinski definition) is 2. The zero-order valence-corrected chi connectivity index (χ0v) is 10.6. The van der Waals surface area contributed by atoms with Gasteiger partial charge in [-0.05, 0) is 18.4 Å². The highest BCUT2D eigenvalue weighted by atomic mass is 16.4. The van der Waals surface area contributed by atoms with Crippen molar-refractivity contribution < 1.29 is 9.90 Å². The van der Waals surface area contributed by atoms with Gasteiger partial charge in [-0.15, -0.1) is 5.10 Å². The van der Waals surface area contributed by atoms with E-state index in [0.29, 0.717) is 18.4 Å². The molecule has 0 spiro atoms. The molecule has 0 aliphatic heterocycles. The van der Waals surface area contributed by atoms with Crippen LogP contribution in [-0.2, 0) is 6.54 Å². The molecule has 6 heteroatoms.